The van der Waals surface area contributed by atoms with Gasteiger partial charge in [0.25, 0.3) is 0 Å². The summed E-state index contributed by atoms with van der Waals surface area (Å²) in [5.41, 5.74) is 7.84. The fraction of sp³-hybridized carbons (Fsp3) is 0.0556. The molecule has 6 aromatic carbocycles. The van der Waals surface area contributed by atoms with E-state index >= 15 is 0 Å². The number of fused-ring (bicyclic) bond motifs is 7. The van der Waals surface area contributed by atoms with Gasteiger partial charge < -0.3 is 9.13 Å². The van der Waals surface area contributed by atoms with Crippen LogP contribution in [0.25, 0.3) is 54.4 Å². The molecule has 0 fully saturated rings. The predicted octanol–water partition coefficient (Wildman–Crippen LogP) is 9.15. The van der Waals surface area contributed by atoms with Gasteiger partial charge in [-0.3, -0.25) is 0 Å². The van der Waals surface area contributed by atoms with Crippen LogP contribution in [0.4, 0.5) is 0 Å². The first kappa shape index (κ1) is 21.3. The van der Waals surface area contributed by atoms with Crippen LogP contribution in [-0.4, -0.2) is 9.13 Å². The third-order valence-corrected chi connectivity index (χ3v) is 8.09. The molecule has 2 aromatic heterocycles. The Balaban J connectivity index is 1.34. The average molecular weight is 487 g/mol. The van der Waals surface area contributed by atoms with E-state index in [0.29, 0.717) is 0 Å². The van der Waals surface area contributed by atoms with Crippen molar-refractivity contribution in [3.63, 3.8) is 0 Å². The van der Waals surface area contributed by atoms with E-state index in [0.717, 1.165) is 13.1 Å². The highest BCUT2D eigenvalue weighted by molar-refractivity contribution is 6.09. The summed E-state index contributed by atoms with van der Waals surface area (Å²) in [5, 5.41) is 7.91. The lowest BCUT2D eigenvalue weighted by Gasteiger charge is -2.16. The van der Waals surface area contributed by atoms with E-state index < -0.39 is 0 Å². The lowest BCUT2D eigenvalue weighted by atomic mass is 9.98. The van der Waals surface area contributed by atoms with Gasteiger partial charge in [-0.25, -0.2) is 0 Å². The van der Waals surface area contributed by atoms with Crippen molar-refractivity contribution < 1.29 is 0 Å². The Bertz CT molecular complexity index is 1880. The van der Waals surface area contributed by atoms with E-state index in [1.54, 1.807) is 0 Å². The summed E-state index contributed by atoms with van der Waals surface area (Å²) in [6.45, 7) is 1.66. The molecule has 38 heavy (non-hydrogen) atoms. The smallest absolute Gasteiger partial charge is 0.0494 e. The molecule has 0 amide bonds. The van der Waals surface area contributed by atoms with Crippen LogP contribution in [0, 0.1) is 0 Å². The van der Waals surface area contributed by atoms with Gasteiger partial charge in [-0.05, 0) is 46.2 Å². The molecule has 0 aliphatic rings. The fourth-order valence-corrected chi connectivity index (χ4v) is 6.45. The highest BCUT2D eigenvalue weighted by atomic mass is 15.0. The molecule has 8 aromatic rings. The molecular weight excluding hydrogens is 460 g/mol. The lowest BCUT2D eigenvalue weighted by molar-refractivity contribution is 0.859. The zero-order valence-electron chi connectivity index (χ0n) is 21.0. The largest absolute Gasteiger partial charge is 0.336 e. The molecule has 0 aliphatic carbocycles. The minimum atomic E-state index is 0.829. The van der Waals surface area contributed by atoms with Crippen molar-refractivity contribution in [1.29, 1.82) is 0 Å². The van der Waals surface area contributed by atoms with Crippen molar-refractivity contribution >= 4 is 54.4 Å². The summed E-state index contributed by atoms with van der Waals surface area (Å²) in [7, 11) is 0. The third-order valence-electron chi connectivity index (χ3n) is 8.09. The van der Waals surface area contributed by atoms with E-state index in [2.05, 4.69) is 143 Å². The Morgan fingerprint density at radius 3 is 1.05 bits per heavy atom. The van der Waals surface area contributed by atoms with Crippen LogP contribution in [0.3, 0.4) is 0 Å². The molecule has 0 bridgehead atoms. The Labute approximate surface area is 221 Å². The molecule has 8 rings (SSSR count). The highest BCUT2D eigenvalue weighted by Gasteiger charge is 2.15. The minimum Gasteiger partial charge on any atom is -0.336 e. The maximum Gasteiger partial charge on any atom is 0.0494 e. The second kappa shape index (κ2) is 8.36. The van der Waals surface area contributed by atoms with Gasteiger partial charge in [-0.15, -0.1) is 0 Å². The summed E-state index contributed by atoms with van der Waals surface area (Å²) in [5.74, 6) is 0. The van der Waals surface area contributed by atoms with Crippen molar-refractivity contribution in [3.05, 3.63) is 145 Å². The molecule has 0 spiro atoms. The number of rotatable bonds is 4. The van der Waals surface area contributed by atoms with E-state index in [4.69, 9.17) is 0 Å². The summed E-state index contributed by atoms with van der Waals surface area (Å²) >= 11 is 0. The average Bonchev–Trinajstić information content (AvgIpc) is 3.46. The number of nitrogens with zero attached hydrogens (tertiary/aromatic N) is 2. The Morgan fingerprint density at radius 2 is 0.684 bits per heavy atom. The molecule has 0 radical (unpaired) electrons. The number of para-hydroxylation sites is 4. The van der Waals surface area contributed by atoms with Gasteiger partial charge in [0.15, 0.2) is 0 Å². The molecule has 0 N–H and O–H groups in total. The quantitative estimate of drug-likeness (QED) is 0.235. The molecule has 0 atom stereocenters. The van der Waals surface area contributed by atoms with Crippen LogP contribution >= 0.6 is 0 Å². The molecule has 2 nitrogen and oxygen atoms in total. The van der Waals surface area contributed by atoms with Crippen LogP contribution in [0.15, 0.2) is 133 Å². The van der Waals surface area contributed by atoms with Crippen LogP contribution in [0.2, 0.25) is 0 Å². The summed E-state index contributed by atoms with van der Waals surface area (Å²) in [4.78, 5) is 0. The standard InChI is InChI=1S/C36H26N2/c1-5-19-32-28(15-1)29-16-2-6-20-33(29)37(32)23-26-13-9-11-25-12-10-14-27(36(25)26)24-38-34-21-7-3-17-30(34)31-18-4-8-22-35(31)38/h1-22H,23-24H2. The van der Waals surface area contributed by atoms with Crippen molar-refractivity contribution in [2.75, 3.05) is 0 Å². The molecule has 0 saturated carbocycles. The molecule has 0 unspecified atom stereocenters. The van der Waals surface area contributed by atoms with E-state index in [9.17, 15) is 0 Å². The van der Waals surface area contributed by atoms with Crippen molar-refractivity contribution in [2.24, 2.45) is 0 Å². The zero-order chi connectivity index (χ0) is 25.1. The van der Waals surface area contributed by atoms with Gasteiger partial charge in [-0.1, -0.05) is 109 Å². The SMILES string of the molecule is c1cc(Cn2c3ccccc3c3ccccc32)c2c(Cn3c4ccccc4c4ccccc43)cccc2c1. The molecule has 180 valence electrons. The third kappa shape index (κ3) is 3.13. The topological polar surface area (TPSA) is 9.86 Å². The van der Waals surface area contributed by atoms with Gasteiger partial charge in [0.2, 0.25) is 0 Å². The van der Waals surface area contributed by atoms with Crippen LogP contribution < -0.4 is 0 Å². The van der Waals surface area contributed by atoms with Gasteiger partial charge >= 0.3 is 0 Å². The number of hydrogen-bond donors (Lipinski definition) is 0. The molecule has 0 saturated heterocycles. The fourth-order valence-electron chi connectivity index (χ4n) is 6.45. The normalized spacial score (nSPS) is 11.9. The first-order valence-electron chi connectivity index (χ1n) is 13.3. The molecule has 0 aliphatic heterocycles. The summed E-state index contributed by atoms with van der Waals surface area (Å²) in [6, 6.07) is 48.6. The summed E-state index contributed by atoms with van der Waals surface area (Å²) < 4.78 is 4.97. The number of hydrogen-bond acceptors (Lipinski definition) is 0. The van der Waals surface area contributed by atoms with Crippen molar-refractivity contribution in [2.45, 2.75) is 13.1 Å². The maximum atomic E-state index is 2.48. The molecule has 2 heteroatoms. The number of aromatic nitrogens is 2. The highest BCUT2D eigenvalue weighted by Crippen LogP contribution is 2.34. The summed E-state index contributed by atoms with van der Waals surface area (Å²) in [6.07, 6.45) is 0. The molecule has 2 heterocycles. The first-order valence-corrected chi connectivity index (χ1v) is 13.3. The second-order valence-corrected chi connectivity index (χ2v) is 10.2. The van der Waals surface area contributed by atoms with Crippen LogP contribution in [0.5, 0.6) is 0 Å². The van der Waals surface area contributed by atoms with Crippen molar-refractivity contribution in [1.82, 2.24) is 9.13 Å². The van der Waals surface area contributed by atoms with Gasteiger partial charge in [0.05, 0.1) is 0 Å². The minimum absolute atomic E-state index is 0.829. The van der Waals surface area contributed by atoms with E-state index in [-0.39, 0.29) is 0 Å². The van der Waals surface area contributed by atoms with Crippen LogP contribution in [0.1, 0.15) is 11.1 Å². The van der Waals surface area contributed by atoms with Crippen molar-refractivity contribution in [3.8, 4) is 0 Å². The van der Waals surface area contributed by atoms with E-state index in [1.807, 2.05) is 0 Å². The Kier molecular flexibility index (Phi) is 4.68. The predicted molar refractivity (Wildman–Crippen MR) is 161 cm³/mol. The monoisotopic (exact) mass is 486 g/mol. The Morgan fingerprint density at radius 1 is 0.342 bits per heavy atom. The second-order valence-electron chi connectivity index (χ2n) is 10.2. The lowest BCUT2D eigenvalue weighted by Crippen LogP contribution is -2.04. The van der Waals surface area contributed by atoms with Gasteiger partial charge in [-0.2, -0.15) is 0 Å². The number of benzene rings is 6. The zero-order valence-corrected chi connectivity index (χ0v) is 21.0. The van der Waals surface area contributed by atoms with Crippen LogP contribution in [-0.2, 0) is 13.1 Å². The maximum absolute atomic E-state index is 2.48. The molecular formula is C36H26N2. The van der Waals surface area contributed by atoms with E-state index in [1.165, 1.54) is 65.5 Å². The van der Waals surface area contributed by atoms with Gasteiger partial charge in [0, 0.05) is 56.7 Å². The van der Waals surface area contributed by atoms with Gasteiger partial charge in [0.1, 0.15) is 0 Å². The first-order chi connectivity index (χ1) is 18.9. The Hall–Kier alpha value is -4.82.